The van der Waals surface area contributed by atoms with Crippen molar-refractivity contribution in [1.82, 2.24) is 0 Å². The van der Waals surface area contributed by atoms with Gasteiger partial charge in [0, 0.05) is 5.41 Å². The van der Waals surface area contributed by atoms with E-state index in [4.69, 9.17) is 4.74 Å². The van der Waals surface area contributed by atoms with Crippen molar-refractivity contribution in [2.45, 2.75) is 25.2 Å². The van der Waals surface area contributed by atoms with Gasteiger partial charge in [-0.05, 0) is 69.3 Å². The molecule has 0 aliphatic heterocycles. The Morgan fingerprint density at radius 2 is 1.94 bits per heavy atom. The van der Waals surface area contributed by atoms with Crippen molar-refractivity contribution in [1.29, 1.82) is 0 Å². The molecule has 0 aromatic heterocycles. The van der Waals surface area contributed by atoms with Crippen molar-refractivity contribution >= 4 is 31.9 Å². The second-order valence-electron chi connectivity index (χ2n) is 4.05. The van der Waals surface area contributed by atoms with Gasteiger partial charge in [0.05, 0.1) is 10.00 Å². The SMILES string of the molecule is CCOc1ccc(C2(C=C(Br)Br)CC2)cc1. The molecule has 1 aliphatic rings. The molecule has 0 bridgehead atoms. The minimum atomic E-state index is 0.243. The number of benzene rings is 1. The molecule has 2 rings (SSSR count). The van der Waals surface area contributed by atoms with Crippen molar-refractivity contribution in [2.24, 2.45) is 0 Å². The van der Waals surface area contributed by atoms with Gasteiger partial charge in [0.1, 0.15) is 5.75 Å². The zero-order valence-corrected chi connectivity index (χ0v) is 12.3. The number of rotatable bonds is 4. The van der Waals surface area contributed by atoms with E-state index in [-0.39, 0.29) is 5.41 Å². The molecule has 0 heterocycles. The van der Waals surface area contributed by atoms with Crippen LogP contribution in [0.15, 0.2) is 33.7 Å². The van der Waals surface area contributed by atoms with Crippen molar-refractivity contribution < 1.29 is 4.74 Å². The fraction of sp³-hybridized carbons (Fsp3) is 0.385. The van der Waals surface area contributed by atoms with Crippen molar-refractivity contribution in [3.8, 4) is 5.75 Å². The van der Waals surface area contributed by atoms with Crippen LogP contribution in [0.1, 0.15) is 25.3 Å². The Balaban J connectivity index is 2.19. The third-order valence-electron chi connectivity index (χ3n) is 2.91. The number of allylic oxidation sites excluding steroid dienone is 1. The maximum Gasteiger partial charge on any atom is 0.119 e. The van der Waals surface area contributed by atoms with E-state index in [1.165, 1.54) is 18.4 Å². The molecule has 0 amide bonds. The first-order valence-corrected chi connectivity index (χ1v) is 7.02. The summed E-state index contributed by atoms with van der Waals surface area (Å²) < 4.78 is 6.47. The molecule has 1 aromatic carbocycles. The molecule has 86 valence electrons. The first-order valence-electron chi connectivity index (χ1n) is 5.43. The van der Waals surface area contributed by atoms with Crippen LogP contribution in [-0.2, 0) is 5.41 Å². The summed E-state index contributed by atoms with van der Waals surface area (Å²) >= 11 is 6.88. The first kappa shape index (κ1) is 12.2. The average Bonchev–Trinajstić information content (AvgIpc) is 2.99. The molecule has 1 saturated carbocycles. The molecule has 1 aliphatic carbocycles. The Kier molecular flexibility index (Phi) is 3.75. The Labute approximate surface area is 113 Å². The van der Waals surface area contributed by atoms with Gasteiger partial charge in [0.2, 0.25) is 0 Å². The Bertz CT molecular complexity index is 387. The lowest BCUT2D eigenvalue weighted by molar-refractivity contribution is 0.340. The minimum absolute atomic E-state index is 0.243. The van der Waals surface area contributed by atoms with E-state index in [9.17, 15) is 0 Å². The van der Waals surface area contributed by atoms with Gasteiger partial charge in [-0.1, -0.05) is 18.2 Å². The van der Waals surface area contributed by atoms with E-state index in [0.717, 1.165) is 15.7 Å². The highest BCUT2D eigenvalue weighted by molar-refractivity contribution is 9.28. The van der Waals surface area contributed by atoms with Crippen molar-refractivity contribution in [3.05, 3.63) is 39.3 Å². The Hall–Kier alpha value is -0.280. The molecule has 0 N–H and O–H groups in total. The van der Waals surface area contributed by atoms with Crippen LogP contribution in [0.5, 0.6) is 5.75 Å². The second kappa shape index (κ2) is 4.92. The van der Waals surface area contributed by atoms with Crippen molar-refractivity contribution in [2.75, 3.05) is 6.61 Å². The van der Waals surface area contributed by atoms with Gasteiger partial charge in [-0.3, -0.25) is 0 Å². The number of halogens is 2. The summed E-state index contributed by atoms with van der Waals surface area (Å²) in [5.74, 6) is 0.948. The summed E-state index contributed by atoms with van der Waals surface area (Å²) in [6, 6.07) is 8.43. The average molecular weight is 346 g/mol. The maximum atomic E-state index is 5.44. The standard InChI is InChI=1S/C13H14Br2O/c1-2-16-11-5-3-10(4-6-11)13(7-8-13)9-12(14)15/h3-6,9H,2,7-8H2,1H3. The first-order chi connectivity index (χ1) is 7.66. The van der Waals surface area contributed by atoms with Crippen LogP contribution < -0.4 is 4.74 Å². The van der Waals surface area contributed by atoms with Gasteiger partial charge in [-0.15, -0.1) is 0 Å². The lowest BCUT2D eigenvalue weighted by Gasteiger charge is -2.11. The highest BCUT2D eigenvalue weighted by Crippen LogP contribution is 2.51. The molecule has 16 heavy (non-hydrogen) atoms. The molecule has 1 fully saturated rings. The predicted molar refractivity (Wildman–Crippen MR) is 74.5 cm³/mol. The van der Waals surface area contributed by atoms with Crippen LogP contribution in [0.25, 0.3) is 0 Å². The molecule has 3 heteroatoms. The normalized spacial score (nSPS) is 16.7. The fourth-order valence-corrected chi connectivity index (χ4v) is 2.79. The molecule has 0 radical (unpaired) electrons. The van der Waals surface area contributed by atoms with E-state index in [1.54, 1.807) is 0 Å². The third-order valence-corrected chi connectivity index (χ3v) is 3.37. The number of hydrogen-bond donors (Lipinski definition) is 0. The number of ether oxygens (including phenoxy) is 1. The summed E-state index contributed by atoms with van der Waals surface area (Å²) in [6.45, 7) is 2.72. The monoisotopic (exact) mass is 344 g/mol. The Morgan fingerprint density at radius 1 is 1.31 bits per heavy atom. The molecular weight excluding hydrogens is 332 g/mol. The molecule has 0 atom stereocenters. The van der Waals surface area contributed by atoms with E-state index >= 15 is 0 Å². The highest BCUT2D eigenvalue weighted by atomic mass is 79.9. The van der Waals surface area contributed by atoms with Crippen LogP contribution in [0.4, 0.5) is 0 Å². The minimum Gasteiger partial charge on any atom is -0.494 e. The van der Waals surface area contributed by atoms with E-state index < -0.39 is 0 Å². The van der Waals surface area contributed by atoms with Crippen LogP contribution in [-0.4, -0.2) is 6.61 Å². The molecule has 0 spiro atoms. The highest BCUT2D eigenvalue weighted by Gasteiger charge is 2.42. The maximum absolute atomic E-state index is 5.44. The predicted octanol–water partition coefficient (Wildman–Crippen LogP) is 4.75. The van der Waals surface area contributed by atoms with Gasteiger partial charge in [0.15, 0.2) is 0 Å². The molecule has 1 nitrogen and oxygen atoms in total. The fourth-order valence-electron chi connectivity index (χ4n) is 1.91. The van der Waals surface area contributed by atoms with Gasteiger partial charge in [-0.25, -0.2) is 0 Å². The van der Waals surface area contributed by atoms with E-state index in [1.807, 2.05) is 6.92 Å². The number of hydrogen-bond acceptors (Lipinski definition) is 1. The third kappa shape index (κ3) is 2.69. The molecule has 0 unspecified atom stereocenters. The topological polar surface area (TPSA) is 9.23 Å². The molecule has 1 aromatic rings. The zero-order chi connectivity index (χ0) is 11.6. The van der Waals surface area contributed by atoms with Crippen LogP contribution >= 0.6 is 31.9 Å². The van der Waals surface area contributed by atoms with Gasteiger partial charge in [0.25, 0.3) is 0 Å². The largest absolute Gasteiger partial charge is 0.494 e. The van der Waals surface area contributed by atoms with Crippen molar-refractivity contribution in [3.63, 3.8) is 0 Å². The quantitative estimate of drug-likeness (QED) is 0.765. The summed E-state index contributed by atoms with van der Waals surface area (Å²) in [5.41, 5.74) is 1.61. The van der Waals surface area contributed by atoms with Crippen LogP contribution in [0.3, 0.4) is 0 Å². The molecular formula is C13H14Br2O. The lowest BCUT2D eigenvalue weighted by atomic mass is 9.96. The smallest absolute Gasteiger partial charge is 0.119 e. The molecule has 0 saturated heterocycles. The Morgan fingerprint density at radius 3 is 2.38 bits per heavy atom. The summed E-state index contributed by atoms with van der Waals surface area (Å²) in [4.78, 5) is 0. The van der Waals surface area contributed by atoms with E-state index in [0.29, 0.717) is 0 Å². The second-order valence-corrected chi connectivity index (χ2v) is 6.82. The lowest BCUT2D eigenvalue weighted by Crippen LogP contribution is -2.02. The summed E-state index contributed by atoms with van der Waals surface area (Å²) in [7, 11) is 0. The van der Waals surface area contributed by atoms with Crippen LogP contribution in [0, 0.1) is 0 Å². The summed E-state index contributed by atoms with van der Waals surface area (Å²) in [5, 5.41) is 0. The van der Waals surface area contributed by atoms with E-state index in [2.05, 4.69) is 62.2 Å². The van der Waals surface area contributed by atoms with Gasteiger partial charge >= 0.3 is 0 Å². The summed E-state index contributed by atoms with van der Waals surface area (Å²) in [6.07, 6.45) is 4.69. The van der Waals surface area contributed by atoms with Gasteiger partial charge in [-0.2, -0.15) is 0 Å². The van der Waals surface area contributed by atoms with Crippen LogP contribution in [0.2, 0.25) is 0 Å². The zero-order valence-electron chi connectivity index (χ0n) is 9.17. The van der Waals surface area contributed by atoms with Gasteiger partial charge < -0.3 is 4.74 Å².